The molecule has 6 heavy (non-hydrogen) atoms. The van der Waals surface area contributed by atoms with Gasteiger partial charge in [-0.3, -0.25) is 4.84 Å². The molecule has 4 heteroatoms. The summed E-state index contributed by atoms with van der Waals surface area (Å²) in [6.45, 7) is 0. The van der Waals surface area contributed by atoms with Crippen molar-refractivity contribution in [2.45, 2.75) is 0 Å². The predicted molar refractivity (Wildman–Crippen MR) is 15.6 cm³/mol. The van der Waals surface area contributed by atoms with E-state index in [4.69, 9.17) is 5.90 Å². The first-order chi connectivity index (χ1) is 2.81. The molecule has 0 N–H and O–H groups in total. The Morgan fingerprint density at radius 3 is 2.33 bits per heavy atom. The van der Waals surface area contributed by atoms with Crippen LogP contribution >= 0.6 is 0 Å². The third kappa shape index (κ3) is 1.54. The van der Waals surface area contributed by atoms with Gasteiger partial charge >= 0.3 is 6.16 Å². The van der Waals surface area contributed by atoms with Crippen molar-refractivity contribution in [2.24, 2.45) is 0 Å². The lowest BCUT2D eigenvalue weighted by molar-refractivity contribution is 0.0654. The van der Waals surface area contributed by atoms with Crippen LogP contribution in [0.5, 0.6) is 0 Å². The normalized spacial score (nSPS) is 7.00. The van der Waals surface area contributed by atoms with Crippen molar-refractivity contribution in [3.8, 4) is 0 Å². The van der Waals surface area contributed by atoms with E-state index in [0.717, 1.165) is 7.11 Å². The highest BCUT2D eigenvalue weighted by Gasteiger charge is 1.92. The Balaban J connectivity index is 2.99. The molecule has 0 aliphatic carbocycles. The Hall–Kier alpha value is -0.770. The third-order valence-electron chi connectivity index (χ3n) is 0.241. The van der Waals surface area contributed by atoms with E-state index in [1.165, 1.54) is 0 Å². The van der Waals surface area contributed by atoms with Gasteiger partial charge in [-0.15, -0.1) is 0 Å². The Labute approximate surface area is 34.8 Å². The third-order valence-corrected chi connectivity index (χ3v) is 0.241. The lowest BCUT2D eigenvalue weighted by atomic mass is 11.4. The van der Waals surface area contributed by atoms with Crippen LogP contribution in [0.1, 0.15) is 0 Å². The molecule has 0 saturated carbocycles. The minimum atomic E-state index is -1.10. The second-order valence-corrected chi connectivity index (χ2v) is 0.545. The quantitative estimate of drug-likeness (QED) is 0.304. The molecule has 0 spiro atoms. The second-order valence-electron chi connectivity index (χ2n) is 0.545. The smallest absolute Gasteiger partial charge is 0.436 e. The van der Waals surface area contributed by atoms with Gasteiger partial charge in [0.1, 0.15) is 5.90 Å². The molecule has 2 radical (unpaired) electrons. The highest BCUT2D eigenvalue weighted by Crippen LogP contribution is 1.70. The van der Waals surface area contributed by atoms with Crippen molar-refractivity contribution in [3.05, 3.63) is 0 Å². The minimum absolute atomic E-state index is 1.10. The minimum Gasteiger partial charge on any atom is -0.436 e. The van der Waals surface area contributed by atoms with E-state index in [2.05, 4.69) is 9.57 Å². The molecule has 0 aromatic heterocycles. The summed E-state index contributed by atoms with van der Waals surface area (Å²) >= 11 is 0. The van der Waals surface area contributed by atoms with Gasteiger partial charge in [0.2, 0.25) is 0 Å². The van der Waals surface area contributed by atoms with E-state index in [1.54, 1.807) is 0 Å². The number of carbonyl (C=O) groups is 1. The summed E-state index contributed by atoms with van der Waals surface area (Å²) in [6, 6.07) is 0. The molecule has 0 amide bonds. The predicted octanol–water partition coefficient (Wildman–Crippen LogP) is -0.247. The van der Waals surface area contributed by atoms with Crippen molar-refractivity contribution >= 4 is 6.16 Å². The molecule has 0 aliphatic rings. The number of hydrogen-bond donors (Lipinski definition) is 0. The molecule has 4 nitrogen and oxygen atoms in total. The van der Waals surface area contributed by atoms with Crippen LogP contribution in [0.25, 0.3) is 0 Å². The average molecular weight is 89.1 g/mol. The first kappa shape index (κ1) is 5.23. The van der Waals surface area contributed by atoms with E-state index in [9.17, 15) is 4.79 Å². The molecule has 0 unspecified atom stereocenters. The molecular weight excluding hydrogens is 86.0 g/mol. The van der Waals surface area contributed by atoms with Crippen molar-refractivity contribution in [1.82, 2.24) is 5.90 Å². The number of rotatable bonds is 0. The molecule has 0 saturated heterocycles. The molecule has 0 fully saturated rings. The number of carbonyl (C=O) groups excluding carboxylic acids is 1. The summed E-state index contributed by atoms with van der Waals surface area (Å²) in [5, 5.41) is 0. The zero-order valence-electron chi connectivity index (χ0n) is 3.17. The monoisotopic (exact) mass is 89.0 g/mol. The molecule has 0 rings (SSSR count). The lowest BCUT2D eigenvalue weighted by Gasteiger charge is -1.85. The number of nitrogens with zero attached hydrogens (tertiary/aromatic N) is 1. The van der Waals surface area contributed by atoms with E-state index in [1.807, 2.05) is 0 Å². The second kappa shape index (κ2) is 2.47. The van der Waals surface area contributed by atoms with Crippen LogP contribution in [-0.2, 0) is 9.57 Å². The van der Waals surface area contributed by atoms with E-state index < -0.39 is 6.16 Å². The maximum absolute atomic E-state index is 9.49. The average Bonchev–Trinajstić information content (AvgIpc) is 1.65. The Bertz CT molecular complexity index is 46.8. The van der Waals surface area contributed by atoms with Crippen LogP contribution in [-0.4, -0.2) is 13.3 Å². The molecule has 34 valence electrons. The van der Waals surface area contributed by atoms with Gasteiger partial charge in [0.25, 0.3) is 0 Å². The van der Waals surface area contributed by atoms with Crippen molar-refractivity contribution in [2.75, 3.05) is 7.11 Å². The summed E-state index contributed by atoms with van der Waals surface area (Å²) in [5.74, 6) is 7.36. The fourth-order valence-electron chi connectivity index (χ4n) is 0.0373. The van der Waals surface area contributed by atoms with Crippen LogP contribution in [0, 0.1) is 0 Å². The molecule has 0 atom stereocenters. The van der Waals surface area contributed by atoms with Gasteiger partial charge in [0, 0.05) is 0 Å². The molecule has 0 aromatic rings. The van der Waals surface area contributed by atoms with E-state index >= 15 is 0 Å². The van der Waals surface area contributed by atoms with Crippen molar-refractivity contribution < 1.29 is 14.4 Å². The summed E-state index contributed by atoms with van der Waals surface area (Å²) in [5.41, 5.74) is 0. The van der Waals surface area contributed by atoms with E-state index in [-0.39, 0.29) is 0 Å². The van der Waals surface area contributed by atoms with Gasteiger partial charge in [-0.05, 0) is 0 Å². The zero-order valence-corrected chi connectivity index (χ0v) is 3.17. The van der Waals surface area contributed by atoms with Gasteiger partial charge in [0.05, 0.1) is 7.11 Å². The highest BCUT2D eigenvalue weighted by molar-refractivity contribution is 5.58. The Morgan fingerprint density at radius 2 is 2.33 bits per heavy atom. The molecule has 0 heterocycles. The van der Waals surface area contributed by atoms with Crippen molar-refractivity contribution in [1.29, 1.82) is 0 Å². The summed E-state index contributed by atoms with van der Waals surface area (Å²) < 4.78 is 3.79. The lowest BCUT2D eigenvalue weighted by Crippen LogP contribution is -2.00. The highest BCUT2D eigenvalue weighted by atomic mass is 16.8. The molecule has 0 aliphatic heterocycles. The number of hydrogen-bond acceptors (Lipinski definition) is 3. The topological polar surface area (TPSA) is 57.8 Å². The maximum Gasteiger partial charge on any atom is 0.530 e. The largest absolute Gasteiger partial charge is 0.530 e. The molecular formula is C2H3NO3. The summed E-state index contributed by atoms with van der Waals surface area (Å²) in [6.07, 6.45) is -1.10. The standard InChI is InChI=1S/C2H3NO3/c1-5-2(4)6-3/h1H3. The first-order valence-corrected chi connectivity index (χ1v) is 1.20. The van der Waals surface area contributed by atoms with Crippen LogP contribution < -0.4 is 5.90 Å². The SMILES string of the molecule is COC(=O)O[N]. The Kier molecular flexibility index (Phi) is 2.15. The van der Waals surface area contributed by atoms with E-state index in [0.29, 0.717) is 0 Å². The van der Waals surface area contributed by atoms with Gasteiger partial charge in [-0.1, -0.05) is 0 Å². The summed E-state index contributed by atoms with van der Waals surface area (Å²) in [4.78, 5) is 12.5. The first-order valence-electron chi connectivity index (χ1n) is 1.20. The van der Waals surface area contributed by atoms with Gasteiger partial charge in [-0.2, -0.15) is 0 Å². The number of ether oxygens (including phenoxy) is 1. The maximum atomic E-state index is 9.49. The van der Waals surface area contributed by atoms with Gasteiger partial charge in [0.15, 0.2) is 0 Å². The fraction of sp³-hybridized carbons (Fsp3) is 0.500. The molecule has 0 bridgehead atoms. The van der Waals surface area contributed by atoms with Crippen LogP contribution in [0.2, 0.25) is 0 Å². The van der Waals surface area contributed by atoms with Crippen LogP contribution in [0.15, 0.2) is 0 Å². The fourth-order valence-corrected chi connectivity index (χ4v) is 0.0373. The number of methoxy groups -OCH3 is 1. The summed E-state index contributed by atoms with van der Waals surface area (Å²) in [7, 11) is 1.10. The van der Waals surface area contributed by atoms with Gasteiger partial charge < -0.3 is 4.74 Å². The van der Waals surface area contributed by atoms with Crippen LogP contribution in [0.4, 0.5) is 4.79 Å². The van der Waals surface area contributed by atoms with Crippen molar-refractivity contribution in [3.63, 3.8) is 0 Å². The molecule has 0 aromatic carbocycles. The van der Waals surface area contributed by atoms with Crippen LogP contribution in [0.3, 0.4) is 0 Å². The van der Waals surface area contributed by atoms with Gasteiger partial charge in [-0.25, -0.2) is 4.79 Å². The zero-order chi connectivity index (χ0) is 4.99. The Morgan fingerprint density at radius 1 is 1.83 bits per heavy atom.